The van der Waals surface area contributed by atoms with Crippen molar-refractivity contribution >= 4 is 26.0 Å². The highest BCUT2D eigenvalue weighted by Gasteiger charge is 2.14. The van der Waals surface area contributed by atoms with Crippen molar-refractivity contribution in [2.45, 2.75) is 11.4 Å². The lowest BCUT2D eigenvalue weighted by atomic mass is 10.2. The van der Waals surface area contributed by atoms with Crippen molar-refractivity contribution in [3.63, 3.8) is 0 Å². The smallest absolute Gasteiger partial charge is 0.207 e. The number of nitrogens with one attached hydrogen (secondary N) is 1. The van der Waals surface area contributed by atoms with Crippen molar-refractivity contribution in [2.75, 3.05) is 0 Å². The largest absolute Gasteiger partial charge is 0.240 e. The third-order valence-corrected chi connectivity index (χ3v) is 4.48. The van der Waals surface area contributed by atoms with E-state index in [4.69, 9.17) is 0 Å². The summed E-state index contributed by atoms with van der Waals surface area (Å²) in [6.07, 6.45) is 0. The monoisotopic (exact) mass is 343 g/mol. The molecule has 2 aromatic rings. The summed E-state index contributed by atoms with van der Waals surface area (Å²) in [7, 11) is -3.63. The van der Waals surface area contributed by atoms with Crippen LogP contribution in [-0.4, -0.2) is 8.42 Å². The minimum Gasteiger partial charge on any atom is -0.207 e. The number of benzene rings is 2. The zero-order valence-electron chi connectivity index (χ0n) is 9.81. The summed E-state index contributed by atoms with van der Waals surface area (Å²) in [5, 5.41) is 0. The highest BCUT2D eigenvalue weighted by atomic mass is 79.9. The number of sulfonamides is 1. The molecule has 0 amide bonds. The van der Waals surface area contributed by atoms with Gasteiger partial charge in [0, 0.05) is 16.6 Å². The minimum atomic E-state index is -3.63. The van der Waals surface area contributed by atoms with Gasteiger partial charge in [-0.2, -0.15) is 0 Å². The van der Waals surface area contributed by atoms with Crippen LogP contribution in [0, 0.1) is 5.82 Å². The molecular weight excluding hydrogens is 333 g/mol. The van der Waals surface area contributed by atoms with Crippen LogP contribution in [0.2, 0.25) is 0 Å². The van der Waals surface area contributed by atoms with Gasteiger partial charge >= 0.3 is 0 Å². The summed E-state index contributed by atoms with van der Waals surface area (Å²) in [4.78, 5) is 0.145. The van der Waals surface area contributed by atoms with E-state index in [2.05, 4.69) is 20.7 Å². The molecule has 2 rings (SSSR count). The quantitative estimate of drug-likeness (QED) is 0.927. The highest BCUT2D eigenvalue weighted by Crippen LogP contribution is 2.15. The summed E-state index contributed by atoms with van der Waals surface area (Å²) in [6, 6.07) is 12.3. The topological polar surface area (TPSA) is 46.2 Å². The number of rotatable bonds is 4. The molecule has 0 atom stereocenters. The van der Waals surface area contributed by atoms with Gasteiger partial charge in [0.05, 0.1) is 4.90 Å². The van der Waals surface area contributed by atoms with Crippen LogP contribution < -0.4 is 4.72 Å². The summed E-state index contributed by atoms with van der Waals surface area (Å²) in [5.41, 5.74) is 0.309. The van der Waals surface area contributed by atoms with E-state index in [1.165, 1.54) is 18.2 Å². The predicted octanol–water partition coefficient (Wildman–Crippen LogP) is 3.07. The van der Waals surface area contributed by atoms with Gasteiger partial charge in [-0.15, -0.1) is 0 Å². The average Bonchev–Trinajstić information content (AvgIpc) is 2.38. The maximum absolute atomic E-state index is 13.4. The second kappa shape index (κ2) is 5.81. The normalized spacial score (nSPS) is 11.5. The van der Waals surface area contributed by atoms with Gasteiger partial charge in [-0.25, -0.2) is 17.5 Å². The van der Waals surface area contributed by atoms with Crippen LogP contribution in [-0.2, 0) is 16.6 Å². The molecule has 3 nitrogen and oxygen atoms in total. The average molecular weight is 344 g/mol. The fraction of sp³-hybridized carbons (Fsp3) is 0.0769. The second-order valence-corrected chi connectivity index (χ2v) is 6.55. The van der Waals surface area contributed by atoms with Crippen LogP contribution in [0.15, 0.2) is 57.9 Å². The van der Waals surface area contributed by atoms with Gasteiger partial charge in [0.15, 0.2) is 0 Å². The lowest BCUT2D eigenvalue weighted by Crippen LogP contribution is -2.23. The van der Waals surface area contributed by atoms with Crippen molar-refractivity contribution in [1.29, 1.82) is 0 Å². The zero-order valence-corrected chi connectivity index (χ0v) is 12.2. The Kier molecular flexibility index (Phi) is 4.34. The molecule has 0 aromatic heterocycles. The van der Waals surface area contributed by atoms with Crippen molar-refractivity contribution < 1.29 is 12.8 Å². The minimum absolute atomic E-state index is 0.0783. The van der Waals surface area contributed by atoms with Gasteiger partial charge in [0.1, 0.15) is 5.82 Å². The van der Waals surface area contributed by atoms with Crippen LogP contribution >= 0.6 is 15.9 Å². The molecule has 1 N–H and O–H groups in total. The molecule has 0 fully saturated rings. The third kappa shape index (κ3) is 3.62. The van der Waals surface area contributed by atoms with E-state index in [1.807, 2.05) is 0 Å². The Bertz CT molecular complexity index is 671. The predicted molar refractivity (Wildman–Crippen MR) is 74.6 cm³/mol. The summed E-state index contributed by atoms with van der Waals surface area (Å²) >= 11 is 3.23. The summed E-state index contributed by atoms with van der Waals surface area (Å²) in [6.45, 7) is -0.0783. The molecule has 19 heavy (non-hydrogen) atoms. The molecule has 2 aromatic carbocycles. The van der Waals surface area contributed by atoms with Gasteiger partial charge in [-0.05, 0) is 30.3 Å². The highest BCUT2D eigenvalue weighted by molar-refractivity contribution is 9.10. The Morgan fingerprint density at radius 2 is 1.68 bits per heavy atom. The molecule has 0 radical (unpaired) electrons. The summed E-state index contributed by atoms with van der Waals surface area (Å²) < 4.78 is 40.5. The van der Waals surface area contributed by atoms with Crippen molar-refractivity contribution in [2.24, 2.45) is 0 Å². The molecule has 0 aliphatic carbocycles. The van der Waals surface area contributed by atoms with Crippen molar-refractivity contribution in [3.05, 3.63) is 64.4 Å². The third-order valence-electron chi connectivity index (χ3n) is 2.53. The lowest BCUT2D eigenvalue weighted by Gasteiger charge is -2.07. The Morgan fingerprint density at radius 3 is 2.32 bits per heavy atom. The van der Waals surface area contributed by atoms with Crippen molar-refractivity contribution in [3.8, 4) is 0 Å². The van der Waals surface area contributed by atoms with E-state index in [9.17, 15) is 12.8 Å². The molecule has 0 saturated carbocycles. The van der Waals surface area contributed by atoms with Gasteiger partial charge in [0.25, 0.3) is 0 Å². The number of hydrogen-bond acceptors (Lipinski definition) is 2. The first-order valence-corrected chi connectivity index (χ1v) is 7.75. The molecule has 0 saturated heterocycles. The summed E-state index contributed by atoms with van der Waals surface area (Å²) in [5.74, 6) is -0.430. The molecule has 0 aliphatic rings. The molecule has 0 unspecified atom stereocenters. The van der Waals surface area contributed by atoms with Crippen LogP contribution in [0.25, 0.3) is 0 Å². The van der Waals surface area contributed by atoms with Crippen LogP contribution in [0.1, 0.15) is 5.56 Å². The van der Waals surface area contributed by atoms with Crippen LogP contribution in [0.5, 0.6) is 0 Å². The Morgan fingerprint density at radius 1 is 1.05 bits per heavy atom. The van der Waals surface area contributed by atoms with Gasteiger partial charge in [0.2, 0.25) is 10.0 Å². The van der Waals surface area contributed by atoms with E-state index in [1.54, 1.807) is 30.3 Å². The SMILES string of the molecule is O=S(=O)(NCc1ccccc1F)c1ccc(Br)cc1. The van der Waals surface area contributed by atoms with E-state index in [0.717, 1.165) is 4.47 Å². The zero-order chi connectivity index (χ0) is 13.9. The van der Waals surface area contributed by atoms with Crippen molar-refractivity contribution in [1.82, 2.24) is 4.72 Å². The molecule has 0 aliphatic heterocycles. The fourth-order valence-electron chi connectivity index (χ4n) is 1.51. The number of halogens is 2. The Balaban J connectivity index is 2.14. The molecular formula is C13H11BrFNO2S. The van der Waals surface area contributed by atoms with Gasteiger partial charge < -0.3 is 0 Å². The second-order valence-electron chi connectivity index (χ2n) is 3.87. The molecule has 6 heteroatoms. The molecule has 0 spiro atoms. The number of hydrogen-bond donors (Lipinski definition) is 1. The van der Waals surface area contributed by atoms with E-state index in [-0.39, 0.29) is 11.4 Å². The Hall–Kier alpha value is -1.24. The first-order valence-electron chi connectivity index (χ1n) is 5.48. The van der Waals surface area contributed by atoms with E-state index >= 15 is 0 Å². The first-order chi connectivity index (χ1) is 8.99. The maximum Gasteiger partial charge on any atom is 0.240 e. The molecule has 0 bridgehead atoms. The van der Waals surface area contributed by atoms with Gasteiger partial charge in [-0.3, -0.25) is 0 Å². The lowest BCUT2D eigenvalue weighted by molar-refractivity contribution is 0.574. The van der Waals surface area contributed by atoms with E-state index < -0.39 is 15.8 Å². The van der Waals surface area contributed by atoms with Crippen LogP contribution in [0.3, 0.4) is 0 Å². The first kappa shape index (κ1) is 14.2. The fourth-order valence-corrected chi connectivity index (χ4v) is 2.78. The molecule has 0 heterocycles. The standard InChI is InChI=1S/C13H11BrFNO2S/c14-11-5-7-12(8-6-11)19(17,18)16-9-10-3-1-2-4-13(10)15/h1-8,16H,9H2. The van der Waals surface area contributed by atoms with Gasteiger partial charge in [-0.1, -0.05) is 34.1 Å². The van der Waals surface area contributed by atoms with Crippen LogP contribution in [0.4, 0.5) is 4.39 Å². The Labute approximate surface area is 119 Å². The maximum atomic E-state index is 13.4. The van der Waals surface area contributed by atoms with E-state index in [0.29, 0.717) is 5.56 Å². The molecule has 100 valence electrons.